The minimum absolute atomic E-state index is 0.0278. The van der Waals surface area contributed by atoms with Gasteiger partial charge in [-0.05, 0) is 55.9 Å². The summed E-state index contributed by atoms with van der Waals surface area (Å²) in [4.78, 5) is 0. The van der Waals surface area contributed by atoms with Crippen LogP contribution in [0.3, 0.4) is 0 Å². The number of sulfone groups is 1. The number of allylic oxidation sites excluding steroid dienone is 4. The molecule has 7 nitrogen and oxygen atoms in total. The van der Waals surface area contributed by atoms with Crippen molar-refractivity contribution in [2.45, 2.75) is 45.3 Å². The van der Waals surface area contributed by atoms with E-state index < -0.39 is 9.84 Å². The van der Waals surface area contributed by atoms with Crippen LogP contribution in [0, 0.1) is 17.2 Å². The minimum Gasteiger partial charge on any atom is -0.494 e. The van der Waals surface area contributed by atoms with E-state index in [0.29, 0.717) is 18.7 Å². The van der Waals surface area contributed by atoms with E-state index in [1.807, 2.05) is 32.1 Å². The normalized spacial score (nSPS) is 20.2. The monoisotopic (exact) mass is 484 g/mol. The zero-order valence-corrected chi connectivity index (χ0v) is 20.7. The maximum atomic E-state index is 11.4. The molecule has 1 aromatic carbocycles. The number of benzene rings is 1. The Hall–Kier alpha value is -2.54. The second-order valence-electron chi connectivity index (χ2n) is 8.77. The molecule has 0 fully saturated rings. The molecule has 1 aromatic heterocycles. The lowest BCUT2D eigenvalue weighted by molar-refractivity contribution is 0.129. The van der Waals surface area contributed by atoms with Gasteiger partial charge in [0.25, 0.3) is 0 Å². The van der Waals surface area contributed by atoms with Gasteiger partial charge in [-0.2, -0.15) is 5.26 Å². The number of rotatable bonds is 8. The Morgan fingerprint density at radius 2 is 2.06 bits per heavy atom. The van der Waals surface area contributed by atoms with Crippen molar-refractivity contribution in [3.05, 3.63) is 52.2 Å². The summed E-state index contributed by atoms with van der Waals surface area (Å²) in [6, 6.07) is 8.69. The third-order valence-corrected chi connectivity index (χ3v) is 7.79. The molecule has 9 heteroatoms. The highest BCUT2D eigenvalue weighted by Gasteiger charge is 2.27. The fraction of sp³-hybridized carbons (Fsp3) is 0.458. The topological polar surface area (TPSA) is 105 Å². The van der Waals surface area contributed by atoms with Gasteiger partial charge < -0.3 is 10.1 Å². The highest BCUT2D eigenvalue weighted by atomic mass is 32.2. The second-order valence-corrected chi connectivity index (χ2v) is 12.0. The highest BCUT2D eigenvalue weighted by molar-refractivity contribution is 7.90. The molecule has 2 aromatic rings. The van der Waals surface area contributed by atoms with Gasteiger partial charge in [-0.1, -0.05) is 35.6 Å². The van der Waals surface area contributed by atoms with E-state index in [1.54, 1.807) is 0 Å². The van der Waals surface area contributed by atoms with E-state index in [4.69, 9.17) is 4.74 Å². The van der Waals surface area contributed by atoms with Gasteiger partial charge in [-0.25, -0.2) is 8.42 Å². The van der Waals surface area contributed by atoms with Crippen LogP contribution >= 0.6 is 11.3 Å². The van der Waals surface area contributed by atoms with Crippen LogP contribution < -0.4 is 5.32 Å². The molecule has 2 atom stereocenters. The fourth-order valence-electron chi connectivity index (χ4n) is 4.30. The van der Waals surface area contributed by atoms with Crippen molar-refractivity contribution in [3.63, 3.8) is 0 Å². The Morgan fingerprint density at radius 1 is 1.27 bits per heavy atom. The van der Waals surface area contributed by atoms with Gasteiger partial charge in [0.2, 0.25) is 0 Å². The molecule has 1 unspecified atom stereocenters. The molecular weight excluding hydrogens is 456 g/mol. The van der Waals surface area contributed by atoms with Gasteiger partial charge in [-0.3, -0.25) is 0 Å². The molecule has 2 aliphatic carbocycles. The molecular formula is C24H28N4O3S2. The minimum atomic E-state index is -2.98. The van der Waals surface area contributed by atoms with Crippen LogP contribution in [0.5, 0.6) is 0 Å². The molecule has 33 heavy (non-hydrogen) atoms. The van der Waals surface area contributed by atoms with Crippen LogP contribution in [0.25, 0.3) is 16.1 Å². The maximum absolute atomic E-state index is 11.4. The number of nitriles is 1. The number of fused-ring (bicyclic) bond motifs is 1. The van der Waals surface area contributed by atoms with Crippen molar-refractivity contribution in [1.82, 2.24) is 15.5 Å². The lowest BCUT2D eigenvalue weighted by atomic mass is 9.94. The van der Waals surface area contributed by atoms with Crippen molar-refractivity contribution in [2.24, 2.45) is 5.92 Å². The van der Waals surface area contributed by atoms with Crippen LogP contribution in [-0.2, 0) is 21.0 Å². The molecule has 0 amide bonds. The van der Waals surface area contributed by atoms with Crippen LogP contribution in [0.4, 0.5) is 0 Å². The Balaban J connectivity index is 1.54. The average Bonchev–Trinajstić information content (AvgIpc) is 3.40. The first-order chi connectivity index (χ1) is 15.7. The van der Waals surface area contributed by atoms with Crippen molar-refractivity contribution >= 4 is 26.7 Å². The van der Waals surface area contributed by atoms with Crippen LogP contribution in [0.15, 0.2) is 36.1 Å². The summed E-state index contributed by atoms with van der Waals surface area (Å²) < 4.78 is 28.7. The largest absolute Gasteiger partial charge is 0.494 e. The molecule has 1 N–H and O–H groups in total. The van der Waals surface area contributed by atoms with Crippen molar-refractivity contribution in [1.29, 1.82) is 5.26 Å². The number of aromatic nitrogens is 2. The number of hydrogen-bond donors (Lipinski definition) is 1. The summed E-state index contributed by atoms with van der Waals surface area (Å²) in [5.41, 5.74) is 4.53. The van der Waals surface area contributed by atoms with Crippen molar-refractivity contribution < 1.29 is 13.2 Å². The summed E-state index contributed by atoms with van der Waals surface area (Å²) in [5.74, 6) is 0.519. The number of ether oxygens (including phenoxy) is 1. The van der Waals surface area contributed by atoms with E-state index in [1.165, 1.54) is 28.7 Å². The summed E-state index contributed by atoms with van der Waals surface area (Å²) in [5, 5.41) is 23.6. The zero-order chi connectivity index (χ0) is 23.6. The molecule has 2 aliphatic rings. The van der Waals surface area contributed by atoms with Crippen molar-refractivity contribution in [2.75, 3.05) is 18.6 Å². The first-order valence-corrected chi connectivity index (χ1v) is 14.0. The van der Waals surface area contributed by atoms with Crippen molar-refractivity contribution in [3.8, 4) is 16.6 Å². The first-order valence-electron chi connectivity index (χ1n) is 11.1. The van der Waals surface area contributed by atoms with Crippen LogP contribution in [0.1, 0.15) is 48.9 Å². The third-order valence-electron chi connectivity index (χ3n) is 5.81. The molecule has 0 aliphatic heterocycles. The third kappa shape index (κ3) is 5.52. The van der Waals surface area contributed by atoms with Gasteiger partial charge in [0, 0.05) is 24.4 Å². The van der Waals surface area contributed by atoms with E-state index in [-0.39, 0.29) is 23.8 Å². The van der Waals surface area contributed by atoms with Gasteiger partial charge in [-0.15, -0.1) is 10.2 Å². The molecule has 0 bridgehead atoms. The smallest absolute Gasteiger partial charge is 0.148 e. The molecule has 0 saturated heterocycles. The van der Waals surface area contributed by atoms with Gasteiger partial charge in [0.15, 0.2) is 0 Å². The SMILES string of the molecule is CC(C)OC1=CC=C(c2nnc(-c3cccc4c3CC[C@@H]4NCCS(C)(=O)=O)s2)CC1C#N. The molecule has 0 spiro atoms. The van der Waals surface area contributed by atoms with E-state index in [9.17, 15) is 13.7 Å². The lowest BCUT2D eigenvalue weighted by Crippen LogP contribution is -2.25. The van der Waals surface area contributed by atoms with Crippen LogP contribution in [0.2, 0.25) is 0 Å². The summed E-state index contributed by atoms with van der Waals surface area (Å²) in [6.07, 6.45) is 7.54. The molecule has 174 valence electrons. The predicted molar refractivity (Wildman–Crippen MR) is 130 cm³/mol. The standard InChI is InChI=1S/C24H28N4O3S2/c1-15(2)31-22-10-7-16(13-17(22)14-25)23-27-28-24(32-23)20-6-4-5-19-18(20)8-9-21(19)26-11-12-33(3,29)30/h4-7,10,15,17,21,26H,8-9,11-13H2,1-3H3/t17?,21-/m0/s1. The summed E-state index contributed by atoms with van der Waals surface area (Å²) in [7, 11) is -2.98. The zero-order valence-electron chi connectivity index (χ0n) is 19.0. The highest BCUT2D eigenvalue weighted by Crippen LogP contribution is 2.40. The lowest BCUT2D eigenvalue weighted by Gasteiger charge is -2.21. The van der Waals surface area contributed by atoms with Gasteiger partial charge in [0.05, 0.1) is 17.9 Å². The number of nitrogens with one attached hydrogen (secondary N) is 1. The van der Waals surface area contributed by atoms with E-state index in [0.717, 1.165) is 34.0 Å². The van der Waals surface area contributed by atoms with Crippen LogP contribution in [-0.4, -0.2) is 43.3 Å². The number of nitrogens with zero attached hydrogens (tertiary/aromatic N) is 3. The molecule has 1 heterocycles. The molecule has 0 radical (unpaired) electrons. The second kappa shape index (κ2) is 9.75. The Bertz CT molecular complexity index is 1240. The maximum Gasteiger partial charge on any atom is 0.148 e. The Morgan fingerprint density at radius 3 is 2.79 bits per heavy atom. The quantitative estimate of drug-likeness (QED) is 0.602. The Kier molecular flexibility index (Phi) is 6.98. The van der Waals surface area contributed by atoms with Gasteiger partial charge in [0.1, 0.15) is 31.5 Å². The van der Waals surface area contributed by atoms with E-state index in [2.05, 4.69) is 33.7 Å². The summed E-state index contributed by atoms with van der Waals surface area (Å²) >= 11 is 1.54. The first kappa shape index (κ1) is 23.6. The predicted octanol–water partition coefficient (Wildman–Crippen LogP) is 4.06. The summed E-state index contributed by atoms with van der Waals surface area (Å²) in [6.45, 7) is 4.35. The Labute approximate surface area is 199 Å². The van der Waals surface area contributed by atoms with Gasteiger partial charge >= 0.3 is 0 Å². The molecule has 0 saturated carbocycles. The molecule has 4 rings (SSSR count). The average molecular weight is 485 g/mol. The van der Waals surface area contributed by atoms with E-state index >= 15 is 0 Å². The fourth-order valence-corrected chi connectivity index (χ4v) is 5.71. The number of hydrogen-bond acceptors (Lipinski definition) is 8.